The number of nitro benzene ring substituents is 1. The third-order valence-corrected chi connectivity index (χ3v) is 5.13. The predicted molar refractivity (Wildman–Crippen MR) is 119 cm³/mol. The maximum atomic E-state index is 12.9. The number of fused-ring (bicyclic) bond motifs is 1. The second kappa shape index (κ2) is 8.94. The molecule has 2 aromatic heterocycles. The number of halogens is 1. The van der Waals surface area contributed by atoms with Crippen LogP contribution in [0, 0.1) is 10.1 Å². The molecule has 1 N–H and O–H groups in total. The monoisotopic (exact) mass is 449 g/mol. The number of nitrogens with zero attached hydrogens (tertiary/aromatic N) is 4. The Kier molecular flexibility index (Phi) is 5.91. The van der Waals surface area contributed by atoms with E-state index in [0.29, 0.717) is 22.2 Å². The molecule has 1 amide bonds. The fourth-order valence-electron chi connectivity index (χ4n) is 3.25. The van der Waals surface area contributed by atoms with Crippen molar-refractivity contribution in [2.75, 3.05) is 0 Å². The zero-order valence-corrected chi connectivity index (χ0v) is 17.3. The largest absolute Gasteiger partial charge is 0.346 e. The van der Waals surface area contributed by atoms with Gasteiger partial charge < -0.3 is 5.32 Å². The number of aromatic nitrogens is 3. The number of amides is 1. The van der Waals surface area contributed by atoms with E-state index >= 15 is 0 Å². The summed E-state index contributed by atoms with van der Waals surface area (Å²) < 4.78 is 1.30. The summed E-state index contributed by atoms with van der Waals surface area (Å²) in [6, 6.07) is 16.0. The van der Waals surface area contributed by atoms with Gasteiger partial charge in [0.15, 0.2) is 0 Å². The van der Waals surface area contributed by atoms with Gasteiger partial charge in [-0.3, -0.25) is 24.7 Å². The van der Waals surface area contributed by atoms with Crippen LogP contribution in [0.15, 0.2) is 71.7 Å². The number of pyridine rings is 1. The molecular weight excluding hydrogens is 434 g/mol. The average molecular weight is 450 g/mol. The standard InChI is InChI=1S/C22H16ClN5O4/c23-19-9-8-15(28(31)32)11-18(19)21(29)25-12-20-16-6-1-2-7-17(16)22(30)27(26-20)13-14-5-3-4-10-24-14/h1-11H,12-13H2,(H,25,29). The van der Waals surface area contributed by atoms with Gasteiger partial charge >= 0.3 is 0 Å². The van der Waals surface area contributed by atoms with Gasteiger partial charge in [0.2, 0.25) is 0 Å². The summed E-state index contributed by atoms with van der Waals surface area (Å²) in [5, 5.41) is 19.3. The van der Waals surface area contributed by atoms with Crippen LogP contribution in [0.25, 0.3) is 10.8 Å². The highest BCUT2D eigenvalue weighted by atomic mass is 35.5. The molecule has 0 radical (unpaired) electrons. The smallest absolute Gasteiger partial charge is 0.275 e. The van der Waals surface area contributed by atoms with Crippen molar-refractivity contribution in [3.05, 3.63) is 109 Å². The molecule has 0 aliphatic carbocycles. The number of hydrogen-bond donors (Lipinski definition) is 1. The van der Waals surface area contributed by atoms with Crippen LogP contribution in [0.2, 0.25) is 5.02 Å². The summed E-state index contributed by atoms with van der Waals surface area (Å²) in [4.78, 5) is 40.2. The van der Waals surface area contributed by atoms with Crippen molar-refractivity contribution >= 4 is 34.0 Å². The maximum Gasteiger partial charge on any atom is 0.275 e. The number of benzene rings is 2. The van der Waals surface area contributed by atoms with Crippen molar-refractivity contribution in [3.63, 3.8) is 0 Å². The van der Waals surface area contributed by atoms with Crippen molar-refractivity contribution < 1.29 is 9.72 Å². The number of nitrogens with one attached hydrogen (secondary N) is 1. The average Bonchev–Trinajstić information content (AvgIpc) is 2.80. The number of carbonyl (C=O) groups is 1. The molecule has 0 fully saturated rings. The van der Waals surface area contributed by atoms with Crippen LogP contribution in [-0.2, 0) is 13.1 Å². The van der Waals surface area contributed by atoms with Gasteiger partial charge in [-0.1, -0.05) is 35.9 Å². The molecule has 0 saturated carbocycles. The third kappa shape index (κ3) is 4.33. The molecule has 9 nitrogen and oxygen atoms in total. The van der Waals surface area contributed by atoms with Crippen LogP contribution in [0.5, 0.6) is 0 Å². The van der Waals surface area contributed by atoms with E-state index in [4.69, 9.17) is 11.6 Å². The van der Waals surface area contributed by atoms with E-state index in [9.17, 15) is 19.7 Å². The van der Waals surface area contributed by atoms with Crippen molar-refractivity contribution in [3.8, 4) is 0 Å². The number of nitro groups is 1. The third-order valence-electron chi connectivity index (χ3n) is 4.80. The number of carbonyl (C=O) groups excluding carboxylic acids is 1. The van der Waals surface area contributed by atoms with E-state index in [-0.39, 0.29) is 34.9 Å². The van der Waals surface area contributed by atoms with Gasteiger partial charge in [0.1, 0.15) is 0 Å². The molecule has 0 aliphatic rings. The minimum absolute atomic E-state index is 0.0130. The molecule has 32 heavy (non-hydrogen) atoms. The molecule has 4 rings (SSSR count). The Labute approximate surface area is 186 Å². The van der Waals surface area contributed by atoms with Crippen LogP contribution in [0.4, 0.5) is 5.69 Å². The molecule has 2 aromatic carbocycles. The first kappa shape index (κ1) is 21.1. The first-order valence-corrected chi connectivity index (χ1v) is 9.92. The van der Waals surface area contributed by atoms with E-state index in [1.54, 1.807) is 42.6 Å². The normalized spacial score (nSPS) is 10.8. The lowest BCUT2D eigenvalue weighted by Gasteiger charge is -2.12. The van der Waals surface area contributed by atoms with Crippen molar-refractivity contribution in [2.45, 2.75) is 13.1 Å². The fraction of sp³-hybridized carbons (Fsp3) is 0.0909. The molecule has 0 bridgehead atoms. The maximum absolute atomic E-state index is 12.9. The fourth-order valence-corrected chi connectivity index (χ4v) is 3.45. The van der Waals surface area contributed by atoms with Crippen LogP contribution in [0.3, 0.4) is 0 Å². The highest BCUT2D eigenvalue weighted by molar-refractivity contribution is 6.33. The van der Waals surface area contributed by atoms with Crippen molar-refractivity contribution in [1.29, 1.82) is 0 Å². The lowest BCUT2D eigenvalue weighted by molar-refractivity contribution is -0.384. The number of non-ortho nitro benzene ring substituents is 1. The minimum Gasteiger partial charge on any atom is -0.346 e. The summed E-state index contributed by atoms with van der Waals surface area (Å²) in [6.07, 6.45) is 1.63. The molecule has 0 atom stereocenters. The topological polar surface area (TPSA) is 120 Å². The molecule has 160 valence electrons. The van der Waals surface area contributed by atoms with E-state index in [1.165, 1.54) is 16.8 Å². The first-order chi connectivity index (χ1) is 15.4. The van der Waals surface area contributed by atoms with Gasteiger partial charge in [0, 0.05) is 23.7 Å². The van der Waals surface area contributed by atoms with Gasteiger partial charge in [-0.05, 0) is 24.3 Å². The van der Waals surface area contributed by atoms with Crippen LogP contribution < -0.4 is 10.9 Å². The molecular formula is C22H16ClN5O4. The summed E-state index contributed by atoms with van der Waals surface area (Å²) in [7, 11) is 0. The van der Waals surface area contributed by atoms with E-state index in [2.05, 4.69) is 15.4 Å². The summed E-state index contributed by atoms with van der Waals surface area (Å²) in [5.41, 5.74) is 0.587. The summed E-state index contributed by atoms with van der Waals surface area (Å²) >= 11 is 6.06. The minimum atomic E-state index is -0.602. The number of hydrogen-bond acceptors (Lipinski definition) is 6. The summed E-state index contributed by atoms with van der Waals surface area (Å²) in [6.45, 7) is 0.156. The number of rotatable bonds is 6. The Hall–Kier alpha value is -4.11. The van der Waals surface area contributed by atoms with Crippen LogP contribution >= 0.6 is 11.6 Å². The lowest BCUT2D eigenvalue weighted by Crippen LogP contribution is -2.29. The molecule has 0 unspecified atom stereocenters. The Morgan fingerprint density at radius 3 is 2.56 bits per heavy atom. The van der Waals surface area contributed by atoms with Gasteiger partial charge in [-0.2, -0.15) is 5.10 Å². The van der Waals surface area contributed by atoms with E-state index < -0.39 is 10.8 Å². The van der Waals surface area contributed by atoms with Crippen molar-refractivity contribution in [1.82, 2.24) is 20.1 Å². The van der Waals surface area contributed by atoms with Crippen LogP contribution in [-0.4, -0.2) is 25.6 Å². The zero-order valence-electron chi connectivity index (χ0n) is 16.6. The van der Waals surface area contributed by atoms with Crippen LogP contribution in [0.1, 0.15) is 21.7 Å². The second-order valence-electron chi connectivity index (χ2n) is 6.88. The Bertz CT molecular complexity index is 1390. The molecule has 0 aliphatic heterocycles. The molecule has 0 saturated heterocycles. The molecule has 0 spiro atoms. The highest BCUT2D eigenvalue weighted by Gasteiger charge is 2.17. The van der Waals surface area contributed by atoms with Gasteiger partial charge in [-0.25, -0.2) is 4.68 Å². The Morgan fingerprint density at radius 2 is 1.84 bits per heavy atom. The SMILES string of the molecule is O=C(NCc1nn(Cc2ccccn2)c(=O)c2ccccc12)c1cc([N+](=O)[O-])ccc1Cl. The van der Waals surface area contributed by atoms with E-state index in [0.717, 1.165) is 6.07 Å². The van der Waals surface area contributed by atoms with Gasteiger partial charge in [0.05, 0.1) is 45.4 Å². The van der Waals surface area contributed by atoms with Gasteiger partial charge in [-0.15, -0.1) is 0 Å². The summed E-state index contributed by atoms with van der Waals surface area (Å²) in [5.74, 6) is -0.591. The Balaban J connectivity index is 1.66. The predicted octanol–water partition coefficient (Wildman–Crippen LogP) is 3.33. The Morgan fingerprint density at radius 1 is 1.09 bits per heavy atom. The lowest BCUT2D eigenvalue weighted by atomic mass is 10.1. The first-order valence-electron chi connectivity index (χ1n) is 9.55. The molecule has 4 aromatic rings. The van der Waals surface area contributed by atoms with E-state index in [1.807, 2.05) is 6.07 Å². The second-order valence-corrected chi connectivity index (χ2v) is 7.29. The molecule has 10 heteroatoms. The zero-order chi connectivity index (χ0) is 22.7. The quantitative estimate of drug-likeness (QED) is 0.356. The van der Waals surface area contributed by atoms with Crippen molar-refractivity contribution in [2.24, 2.45) is 0 Å². The van der Waals surface area contributed by atoms with Gasteiger partial charge in [0.25, 0.3) is 17.2 Å². The highest BCUT2D eigenvalue weighted by Crippen LogP contribution is 2.22. The molecule has 2 heterocycles.